The summed E-state index contributed by atoms with van der Waals surface area (Å²) >= 11 is 1.91. The monoisotopic (exact) mass is 581 g/mol. The van der Waals surface area contributed by atoms with Crippen LogP contribution in [0.4, 0.5) is 0 Å². The quantitative estimate of drug-likeness (QED) is 0.0642. The molecule has 0 aliphatic carbocycles. The topological polar surface area (TPSA) is 63.9 Å². The lowest BCUT2D eigenvalue weighted by Crippen LogP contribution is -2.53. The van der Waals surface area contributed by atoms with Crippen molar-refractivity contribution >= 4 is 51.0 Å². The number of ketones is 1. The van der Waals surface area contributed by atoms with Crippen molar-refractivity contribution in [1.29, 1.82) is 0 Å². The van der Waals surface area contributed by atoms with Gasteiger partial charge in [-0.1, -0.05) is 41.6 Å². The van der Waals surface area contributed by atoms with E-state index in [0.29, 0.717) is 29.7 Å². The lowest BCUT2D eigenvalue weighted by Gasteiger charge is -2.37. The Bertz CT molecular complexity index is 1680. The van der Waals surface area contributed by atoms with Crippen LogP contribution in [0.1, 0.15) is 60.7 Å². The molecule has 2 heterocycles. The molecule has 1 saturated heterocycles. The fraction of sp³-hybridized carbons (Fsp3) is 0.343. The van der Waals surface area contributed by atoms with Gasteiger partial charge >= 0.3 is 5.97 Å². The van der Waals surface area contributed by atoms with Crippen LogP contribution in [0.5, 0.6) is 0 Å². The number of hydrogen-bond donors (Lipinski definition) is 0. The molecule has 0 atom stereocenters. The Morgan fingerprint density at radius 2 is 1.64 bits per heavy atom. The van der Waals surface area contributed by atoms with Gasteiger partial charge in [0.15, 0.2) is 5.78 Å². The molecule has 1 aliphatic rings. The Labute approximate surface area is 252 Å². The van der Waals surface area contributed by atoms with Crippen LogP contribution in [-0.2, 0) is 16.2 Å². The molecule has 0 amide bonds. The third-order valence-corrected chi connectivity index (χ3v) is 9.23. The molecule has 6 nitrogen and oxygen atoms in total. The van der Waals surface area contributed by atoms with Gasteiger partial charge in [-0.2, -0.15) is 11.8 Å². The fourth-order valence-corrected chi connectivity index (χ4v) is 6.59. The van der Waals surface area contributed by atoms with Crippen LogP contribution in [0.25, 0.3) is 21.8 Å². The summed E-state index contributed by atoms with van der Waals surface area (Å²) in [4.78, 5) is 34.5. The van der Waals surface area contributed by atoms with Crippen LogP contribution < -0.4 is 0 Å². The molecule has 1 fully saturated rings. The first kappa shape index (κ1) is 29.8. The van der Waals surface area contributed by atoms with Crippen LogP contribution in [0.3, 0.4) is 0 Å². The molecular formula is C35H39N3O3S. The molecule has 42 heavy (non-hydrogen) atoms. The highest BCUT2D eigenvalue weighted by Crippen LogP contribution is 2.32. The van der Waals surface area contributed by atoms with Crippen LogP contribution in [-0.4, -0.2) is 57.1 Å². The van der Waals surface area contributed by atoms with Crippen LogP contribution in [0, 0.1) is 6.92 Å². The number of thioether (sulfide) groups is 1. The first-order valence-electron chi connectivity index (χ1n) is 14.6. The maximum absolute atomic E-state index is 13.5. The SMILES string of the molecule is C=CCCC(=NOC(=O)C(C)(C)N1CCSCC1)c1ccc2c(c1)c1cc(C(=O)c3ccccc3C)ccc1n2CC. The number of nitrogens with zero attached hydrogens (tertiary/aromatic N) is 3. The minimum atomic E-state index is -0.757. The number of carbonyl (C=O) groups excluding carboxylic acids is 2. The Balaban J connectivity index is 1.53. The average molecular weight is 582 g/mol. The van der Waals surface area contributed by atoms with E-state index in [1.54, 1.807) is 0 Å². The van der Waals surface area contributed by atoms with Gasteiger partial charge in [0, 0.05) is 69.6 Å². The van der Waals surface area contributed by atoms with E-state index in [1.807, 2.05) is 87.1 Å². The molecule has 0 bridgehead atoms. The lowest BCUT2D eigenvalue weighted by molar-refractivity contribution is -0.156. The van der Waals surface area contributed by atoms with E-state index in [1.165, 1.54) is 0 Å². The van der Waals surface area contributed by atoms with E-state index in [4.69, 9.17) is 4.84 Å². The Morgan fingerprint density at radius 1 is 1.00 bits per heavy atom. The van der Waals surface area contributed by atoms with Gasteiger partial charge in [-0.3, -0.25) is 9.69 Å². The number of hydrogen-bond acceptors (Lipinski definition) is 6. The van der Waals surface area contributed by atoms with Crippen molar-refractivity contribution in [3.63, 3.8) is 0 Å². The number of oxime groups is 1. The summed E-state index contributed by atoms with van der Waals surface area (Å²) < 4.78 is 2.26. The minimum Gasteiger partial charge on any atom is -0.341 e. The number of carbonyl (C=O) groups is 2. The van der Waals surface area contributed by atoms with Gasteiger partial charge in [0.25, 0.3) is 0 Å². The van der Waals surface area contributed by atoms with Crippen molar-refractivity contribution in [1.82, 2.24) is 9.47 Å². The zero-order chi connectivity index (χ0) is 29.9. The van der Waals surface area contributed by atoms with Gasteiger partial charge in [-0.05, 0) is 76.4 Å². The van der Waals surface area contributed by atoms with E-state index < -0.39 is 5.54 Å². The Kier molecular flexibility index (Phi) is 8.99. The first-order valence-corrected chi connectivity index (χ1v) is 15.8. The highest BCUT2D eigenvalue weighted by molar-refractivity contribution is 7.99. The summed E-state index contributed by atoms with van der Waals surface area (Å²) in [5, 5.41) is 6.47. The van der Waals surface area contributed by atoms with Crippen molar-refractivity contribution in [3.05, 3.63) is 95.6 Å². The molecule has 0 N–H and O–H groups in total. The molecular weight excluding hydrogens is 542 g/mol. The summed E-state index contributed by atoms with van der Waals surface area (Å²) in [7, 11) is 0. The zero-order valence-electron chi connectivity index (χ0n) is 25.0. The summed E-state index contributed by atoms with van der Waals surface area (Å²) in [5.74, 6) is 1.68. The predicted octanol–water partition coefficient (Wildman–Crippen LogP) is 7.39. The zero-order valence-corrected chi connectivity index (χ0v) is 25.8. The van der Waals surface area contributed by atoms with E-state index in [9.17, 15) is 9.59 Å². The van der Waals surface area contributed by atoms with E-state index in [-0.39, 0.29) is 11.8 Å². The Hall–Kier alpha value is -3.68. The van der Waals surface area contributed by atoms with Crippen molar-refractivity contribution < 1.29 is 14.4 Å². The maximum atomic E-state index is 13.5. The van der Waals surface area contributed by atoms with E-state index in [2.05, 4.69) is 40.3 Å². The summed E-state index contributed by atoms with van der Waals surface area (Å²) in [5.41, 5.74) is 5.31. The number of rotatable bonds is 10. The van der Waals surface area contributed by atoms with Gasteiger partial charge in [-0.25, -0.2) is 4.79 Å². The van der Waals surface area contributed by atoms with Crippen LogP contribution in [0.15, 0.2) is 78.5 Å². The van der Waals surface area contributed by atoms with E-state index >= 15 is 0 Å². The normalized spacial score (nSPS) is 14.8. The van der Waals surface area contributed by atoms with Crippen LogP contribution in [0.2, 0.25) is 0 Å². The molecule has 0 saturated carbocycles. The number of aromatic nitrogens is 1. The second-order valence-corrected chi connectivity index (χ2v) is 12.5. The molecule has 7 heteroatoms. The average Bonchev–Trinajstić information content (AvgIpc) is 3.33. The second kappa shape index (κ2) is 12.7. The maximum Gasteiger partial charge on any atom is 0.354 e. The molecule has 4 aromatic rings. The van der Waals surface area contributed by atoms with Gasteiger partial charge in [0.1, 0.15) is 5.54 Å². The fourth-order valence-electron chi connectivity index (χ4n) is 5.69. The number of fused-ring (bicyclic) bond motifs is 3. The number of aryl methyl sites for hydroxylation is 2. The number of allylic oxidation sites excluding steroid dienone is 1. The largest absolute Gasteiger partial charge is 0.354 e. The summed E-state index contributed by atoms with van der Waals surface area (Å²) in [6.07, 6.45) is 3.14. The third kappa shape index (κ3) is 5.81. The molecule has 1 aromatic heterocycles. The minimum absolute atomic E-state index is 0.0126. The highest BCUT2D eigenvalue weighted by atomic mass is 32.2. The van der Waals surface area contributed by atoms with Gasteiger partial charge in [0.2, 0.25) is 0 Å². The molecule has 218 valence electrons. The predicted molar refractivity (Wildman–Crippen MR) is 175 cm³/mol. The molecule has 0 unspecified atom stereocenters. The molecule has 0 spiro atoms. The van der Waals surface area contributed by atoms with Gasteiger partial charge in [-0.15, -0.1) is 6.58 Å². The van der Waals surface area contributed by atoms with Gasteiger partial charge in [0.05, 0.1) is 5.71 Å². The highest BCUT2D eigenvalue weighted by Gasteiger charge is 2.37. The third-order valence-electron chi connectivity index (χ3n) is 8.29. The first-order chi connectivity index (χ1) is 20.3. The summed E-state index contributed by atoms with van der Waals surface area (Å²) in [6, 6.07) is 19.9. The van der Waals surface area contributed by atoms with Crippen molar-refractivity contribution in [3.8, 4) is 0 Å². The molecule has 3 aromatic carbocycles. The second-order valence-electron chi connectivity index (χ2n) is 11.3. The molecule has 0 radical (unpaired) electrons. The van der Waals surface area contributed by atoms with Crippen LogP contribution >= 0.6 is 11.8 Å². The van der Waals surface area contributed by atoms with Crippen molar-refractivity contribution in [2.75, 3.05) is 24.6 Å². The molecule has 5 rings (SSSR count). The summed E-state index contributed by atoms with van der Waals surface area (Å²) in [6.45, 7) is 14.3. The molecule has 1 aliphatic heterocycles. The van der Waals surface area contributed by atoms with Crippen molar-refractivity contribution in [2.45, 2.75) is 52.6 Å². The standard InChI is InChI=1S/C35H39N3O3S/c1-6-8-13-30(36-41-34(40)35(4,5)37-18-20-42-21-19-37)25-14-16-31-28(22-25)29-23-26(15-17-32(29)38(31)7-2)33(39)27-12-10-9-11-24(27)3/h6,9-12,14-17,22-23H,1,7-8,13,18-21H2,2-5H3. The van der Waals surface area contributed by atoms with E-state index in [0.717, 1.165) is 64.1 Å². The lowest BCUT2D eigenvalue weighted by atomic mass is 9.97. The van der Waals surface area contributed by atoms with Crippen molar-refractivity contribution in [2.24, 2.45) is 5.16 Å². The van der Waals surface area contributed by atoms with Gasteiger partial charge < -0.3 is 9.40 Å². The smallest absolute Gasteiger partial charge is 0.341 e. The Morgan fingerprint density at radius 3 is 2.29 bits per heavy atom. The number of benzene rings is 3.